The van der Waals surface area contributed by atoms with Crippen LogP contribution >= 0.6 is 11.3 Å². The summed E-state index contributed by atoms with van der Waals surface area (Å²) in [5, 5.41) is 10.2. The molecule has 9 nitrogen and oxygen atoms in total. The topological polar surface area (TPSA) is 115 Å². The Morgan fingerprint density at radius 1 is 1.22 bits per heavy atom. The van der Waals surface area contributed by atoms with Crippen LogP contribution in [0.5, 0.6) is 0 Å². The smallest absolute Gasteiger partial charge is 0.358 e. The van der Waals surface area contributed by atoms with Gasteiger partial charge in [-0.2, -0.15) is 5.10 Å². The molecule has 13 heteroatoms. The van der Waals surface area contributed by atoms with Crippen LogP contribution in [0.3, 0.4) is 0 Å². The van der Waals surface area contributed by atoms with Crippen molar-refractivity contribution in [3.05, 3.63) is 53.1 Å². The zero-order valence-corrected chi connectivity index (χ0v) is 17.5. The predicted molar refractivity (Wildman–Crippen MR) is 107 cm³/mol. The summed E-state index contributed by atoms with van der Waals surface area (Å²) < 4.78 is 46.3. The van der Waals surface area contributed by atoms with E-state index in [9.17, 15) is 27.6 Å². The number of benzene rings is 1. The fourth-order valence-electron chi connectivity index (χ4n) is 2.43. The lowest BCUT2D eigenvalue weighted by atomic mass is 10.2. The average molecular weight is 467 g/mol. The van der Waals surface area contributed by atoms with Gasteiger partial charge in [0, 0.05) is 24.2 Å². The molecule has 1 aromatic carbocycles. The maximum absolute atomic E-state index is 13.6. The molecule has 2 N–H and O–H groups in total. The second-order valence-electron chi connectivity index (χ2n) is 6.48. The van der Waals surface area contributed by atoms with Crippen molar-refractivity contribution in [2.45, 2.75) is 13.0 Å². The second kappa shape index (κ2) is 9.60. The molecule has 168 valence electrons. The first-order chi connectivity index (χ1) is 15.2. The van der Waals surface area contributed by atoms with Crippen molar-refractivity contribution in [1.82, 2.24) is 20.1 Å². The fourth-order valence-corrected chi connectivity index (χ4v) is 3.20. The number of nitrogens with zero attached hydrogens (tertiary/aromatic N) is 3. The standard InChI is InChI=1S/C19H16F3N5O4S/c1-9(31-19(30)13-8-32-18(26-13)10-5-24-27(2)7-10)17(29)23-6-14(28)25-12-4-3-11(20)15(21)16(12)22/h3-5,7-9H,6H2,1-2H3,(H,23,29)(H,25,28). The van der Waals surface area contributed by atoms with Crippen molar-refractivity contribution in [2.75, 3.05) is 11.9 Å². The quantitative estimate of drug-likeness (QED) is 0.407. The largest absolute Gasteiger partial charge is 0.448 e. The number of aromatic nitrogens is 3. The number of hydrogen-bond acceptors (Lipinski definition) is 7. The summed E-state index contributed by atoms with van der Waals surface area (Å²) in [6.45, 7) is 0.662. The summed E-state index contributed by atoms with van der Waals surface area (Å²) >= 11 is 1.20. The van der Waals surface area contributed by atoms with Crippen molar-refractivity contribution < 1.29 is 32.3 Å². The van der Waals surface area contributed by atoms with Crippen LogP contribution in [-0.2, 0) is 21.4 Å². The van der Waals surface area contributed by atoms with E-state index in [0.717, 1.165) is 6.07 Å². The molecule has 1 unspecified atom stereocenters. The number of aryl methyl sites for hydroxylation is 1. The zero-order valence-electron chi connectivity index (χ0n) is 16.7. The molecule has 2 aromatic heterocycles. The minimum absolute atomic E-state index is 0.0000535. The average Bonchev–Trinajstić information content (AvgIpc) is 3.41. The van der Waals surface area contributed by atoms with Crippen molar-refractivity contribution in [3.63, 3.8) is 0 Å². The van der Waals surface area contributed by atoms with Gasteiger partial charge in [-0.05, 0) is 19.1 Å². The first-order valence-electron chi connectivity index (χ1n) is 9.02. The van der Waals surface area contributed by atoms with E-state index in [1.807, 2.05) is 5.32 Å². The number of amides is 2. The molecular weight excluding hydrogens is 451 g/mol. The van der Waals surface area contributed by atoms with Crippen LogP contribution in [0.1, 0.15) is 17.4 Å². The lowest BCUT2D eigenvalue weighted by molar-refractivity contribution is -0.130. The van der Waals surface area contributed by atoms with E-state index in [4.69, 9.17) is 4.74 Å². The zero-order chi connectivity index (χ0) is 23.4. The van der Waals surface area contributed by atoms with Gasteiger partial charge in [0.15, 0.2) is 29.2 Å². The molecule has 0 saturated carbocycles. The molecule has 3 aromatic rings. The van der Waals surface area contributed by atoms with Gasteiger partial charge in [-0.15, -0.1) is 11.3 Å². The van der Waals surface area contributed by atoms with Crippen LogP contribution in [0.25, 0.3) is 10.6 Å². The minimum Gasteiger partial charge on any atom is -0.448 e. The van der Waals surface area contributed by atoms with E-state index < -0.39 is 53.6 Å². The SMILES string of the molecule is CC(OC(=O)c1csc(-c2cnn(C)c2)n1)C(=O)NCC(=O)Nc1ccc(F)c(F)c1F. The van der Waals surface area contributed by atoms with Crippen LogP contribution in [0.15, 0.2) is 29.9 Å². The molecule has 0 bridgehead atoms. The first-order valence-corrected chi connectivity index (χ1v) is 9.90. The van der Waals surface area contributed by atoms with Crippen LogP contribution in [-0.4, -0.2) is 45.2 Å². The molecule has 0 saturated heterocycles. The fraction of sp³-hybridized carbons (Fsp3) is 0.211. The number of hydrogen-bond donors (Lipinski definition) is 2. The Balaban J connectivity index is 1.50. The third-order valence-electron chi connectivity index (χ3n) is 4.05. The first kappa shape index (κ1) is 22.9. The van der Waals surface area contributed by atoms with Gasteiger partial charge in [0.05, 0.1) is 18.4 Å². The van der Waals surface area contributed by atoms with Crippen LogP contribution in [0, 0.1) is 17.5 Å². The van der Waals surface area contributed by atoms with E-state index in [-0.39, 0.29) is 5.69 Å². The highest BCUT2D eigenvalue weighted by atomic mass is 32.1. The van der Waals surface area contributed by atoms with Crippen molar-refractivity contribution in [3.8, 4) is 10.6 Å². The van der Waals surface area contributed by atoms with Gasteiger partial charge in [-0.25, -0.2) is 22.9 Å². The van der Waals surface area contributed by atoms with E-state index >= 15 is 0 Å². The summed E-state index contributed by atoms with van der Waals surface area (Å²) in [5.41, 5.74) is 0.126. The molecular formula is C19H16F3N5O4S. The Bertz CT molecular complexity index is 1180. The summed E-state index contributed by atoms with van der Waals surface area (Å²) in [6, 6.07) is 1.48. The summed E-state index contributed by atoms with van der Waals surface area (Å²) in [4.78, 5) is 40.3. The molecule has 0 aliphatic rings. The third kappa shape index (κ3) is 5.29. The van der Waals surface area contributed by atoms with Gasteiger partial charge in [0.2, 0.25) is 5.91 Å². The molecule has 0 aliphatic carbocycles. The summed E-state index contributed by atoms with van der Waals surface area (Å²) in [7, 11) is 1.74. The van der Waals surface area contributed by atoms with E-state index in [0.29, 0.717) is 16.6 Å². The molecule has 2 heterocycles. The van der Waals surface area contributed by atoms with Gasteiger partial charge in [-0.3, -0.25) is 14.3 Å². The van der Waals surface area contributed by atoms with Gasteiger partial charge < -0.3 is 15.4 Å². The van der Waals surface area contributed by atoms with Crippen molar-refractivity contribution >= 4 is 34.8 Å². The van der Waals surface area contributed by atoms with Gasteiger partial charge in [-0.1, -0.05) is 0 Å². The Morgan fingerprint density at radius 2 is 1.97 bits per heavy atom. The minimum atomic E-state index is -1.74. The van der Waals surface area contributed by atoms with Crippen molar-refractivity contribution in [1.29, 1.82) is 0 Å². The monoisotopic (exact) mass is 467 g/mol. The highest BCUT2D eigenvalue weighted by Gasteiger charge is 2.22. The van der Waals surface area contributed by atoms with Crippen LogP contribution in [0.4, 0.5) is 18.9 Å². The van der Waals surface area contributed by atoms with Gasteiger partial charge >= 0.3 is 5.97 Å². The number of carbonyl (C=O) groups excluding carboxylic acids is 3. The molecule has 2 amide bonds. The van der Waals surface area contributed by atoms with Gasteiger partial charge in [0.25, 0.3) is 5.91 Å². The maximum atomic E-state index is 13.6. The Morgan fingerprint density at radius 3 is 2.66 bits per heavy atom. The number of carbonyl (C=O) groups is 3. The van der Waals surface area contributed by atoms with Gasteiger partial charge in [0.1, 0.15) is 5.01 Å². The number of ether oxygens (including phenoxy) is 1. The van der Waals surface area contributed by atoms with Crippen molar-refractivity contribution in [2.24, 2.45) is 7.05 Å². The van der Waals surface area contributed by atoms with E-state index in [1.165, 1.54) is 23.6 Å². The van der Waals surface area contributed by atoms with E-state index in [2.05, 4.69) is 15.4 Å². The Kier molecular flexibility index (Phi) is 6.88. The highest BCUT2D eigenvalue weighted by Crippen LogP contribution is 2.23. The molecule has 0 spiro atoms. The number of esters is 1. The number of thiazole rings is 1. The molecule has 1 atom stereocenters. The highest BCUT2D eigenvalue weighted by molar-refractivity contribution is 7.13. The maximum Gasteiger partial charge on any atom is 0.358 e. The molecule has 32 heavy (non-hydrogen) atoms. The van der Waals surface area contributed by atoms with E-state index in [1.54, 1.807) is 24.1 Å². The lowest BCUT2D eigenvalue weighted by Crippen LogP contribution is -2.40. The molecule has 0 fully saturated rings. The lowest BCUT2D eigenvalue weighted by Gasteiger charge is -2.13. The molecule has 0 aliphatic heterocycles. The summed E-state index contributed by atoms with van der Waals surface area (Å²) in [5.74, 6) is -7.25. The normalized spacial score (nSPS) is 11.7. The molecule has 3 rings (SSSR count). The summed E-state index contributed by atoms with van der Waals surface area (Å²) in [6.07, 6.45) is 2.04. The van der Waals surface area contributed by atoms with Crippen LogP contribution < -0.4 is 10.6 Å². The Hall–Kier alpha value is -3.74. The Labute approximate surface area is 183 Å². The number of anilines is 1. The predicted octanol–water partition coefficient (Wildman–Crippen LogP) is 2.26. The number of nitrogens with one attached hydrogen (secondary N) is 2. The van der Waals surface area contributed by atoms with Crippen LogP contribution in [0.2, 0.25) is 0 Å². The number of rotatable bonds is 7. The molecule has 0 radical (unpaired) electrons. The third-order valence-corrected chi connectivity index (χ3v) is 4.94. The second-order valence-corrected chi connectivity index (χ2v) is 7.34. The number of halogens is 3.